The van der Waals surface area contributed by atoms with Gasteiger partial charge in [-0.25, -0.2) is 0 Å². The van der Waals surface area contributed by atoms with E-state index in [2.05, 4.69) is 22.1 Å². The zero-order valence-corrected chi connectivity index (χ0v) is 17.3. The van der Waals surface area contributed by atoms with Crippen LogP contribution >= 0.6 is 11.8 Å². The van der Waals surface area contributed by atoms with Gasteiger partial charge in [-0.05, 0) is 24.6 Å². The molecule has 8 nitrogen and oxygen atoms in total. The monoisotopic (exact) mass is 415 g/mol. The molecule has 1 saturated heterocycles. The van der Waals surface area contributed by atoms with E-state index in [-0.39, 0.29) is 24.0 Å². The van der Waals surface area contributed by atoms with Gasteiger partial charge in [0, 0.05) is 25.3 Å². The molecule has 1 aromatic carbocycles. The Kier molecular flexibility index (Phi) is 7.42. The molecule has 1 N–H and O–H groups in total. The highest BCUT2D eigenvalue weighted by Crippen LogP contribution is 2.19. The molecule has 0 unspecified atom stereocenters. The van der Waals surface area contributed by atoms with Gasteiger partial charge in [0.25, 0.3) is 0 Å². The van der Waals surface area contributed by atoms with Crippen LogP contribution in [-0.4, -0.2) is 63.5 Å². The summed E-state index contributed by atoms with van der Waals surface area (Å²) >= 11 is 1.32. The number of carbonyl (C=O) groups is 2. The van der Waals surface area contributed by atoms with Crippen molar-refractivity contribution in [1.82, 2.24) is 19.7 Å². The second kappa shape index (κ2) is 10.2. The summed E-state index contributed by atoms with van der Waals surface area (Å²) in [5, 5.41) is 11.8. The molecule has 2 aromatic rings. The van der Waals surface area contributed by atoms with Gasteiger partial charge in [0.2, 0.25) is 11.8 Å². The average molecular weight is 416 g/mol. The number of morpholine rings is 1. The maximum absolute atomic E-state index is 12.4. The maximum atomic E-state index is 12.4. The summed E-state index contributed by atoms with van der Waals surface area (Å²) in [6, 6.07) is 7.62. The van der Waals surface area contributed by atoms with Crippen LogP contribution in [0.15, 0.2) is 42.1 Å². The highest BCUT2D eigenvalue weighted by Gasteiger charge is 2.20. The standard InChI is InChI=1S/C20H25N5O3S/c1-3-7-25-17(13-18(26)21-16-6-4-5-15(2)12-16)22-23-20(25)29-14-19(27)24-8-10-28-11-9-24/h3-6,12H,1,7-11,13-14H2,2H3,(H,21,26). The lowest BCUT2D eigenvalue weighted by Crippen LogP contribution is -2.41. The second-order valence-electron chi connectivity index (χ2n) is 6.67. The fraction of sp³-hybridized carbons (Fsp3) is 0.400. The third kappa shape index (κ3) is 5.91. The Bertz CT molecular complexity index is 877. The molecule has 0 radical (unpaired) electrons. The van der Waals surface area contributed by atoms with Crippen LogP contribution in [0, 0.1) is 6.92 Å². The zero-order chi connectivity index (χ0) is 20.6. The Morgan fingerprint density at radius 3 is 2.83 bits per heavy atom. The van der Waals surface area contributed by atoms with Gasteiger partial charge in [0.15, 0.2) is 5.16 Å². The van der Waals surface area contributed by atoms with E-state index in [9.17, 15) is 9.59 Å². The van der Waals surface area contributed by atoms with Crippen LogP contribution in [0.3, 0.4) is 0 Å². The van der Waals surface area contributed by atoms with Gasteiger partial charge in [-0.2, -0.15) is 0 Å². The molecule has 0 spiro atoms. The highest BCUT2D eigenvalue weighted by molar-refractivity contribution is 7.99. The van der Waals surface area contributed by atoms with Crippen molar-refractivity contribution in [2.24, 2.45) is 0 Å². The molecule has 1 aliphatic rings. The van der Waals surface area contributed by atoms with Gasteiger partial charge in [0.05, 0.1) is 25.4 Å². The largest absolute Gasteiger partial charge is 0.378 e. The number of allylic oxidation sites excluding steroid dienone is 1. The van der Waals surface area contributed by atoms with Crippen molar-refractivity contribution >= 4 is 29.3 Å². The number of nitrogens with zero attached hydrogens (tertiary/aromatic N) is 4. The number of hydrogen-bond acceptors (Lipinski definition) is 6. The first kappa shape index (κ1) is 21.1. The zero-order valence-electron chi connectivity index (χ0n) is 16.5. The number of aryl methyl sites for hydroxylation is 1. The van der Waals surface area contributed by atoms with Crippen LogP contribution < -0.4 is 5.32 Å². The summed E-state index contributed by atoms with van der Waals surface area (Å²) in [5.41, 5.74) is 1.82. The average Bonchev–Trinajstić information content (AvgIpc) is 3.08. The molecule has 1 aromatic heterocycles. The fourth-order valence-electron chi connectivity index (χ4n) is 2.97. The number of thioether (sulfide) groups is 1. The molecule has 1 fully saturated rings. The van der Waals surface area contributed by atoms with Crippen molar-refractivity contribution < 1.29 is 14.3 Å². The number of benzene rings is 1. The number of carbonyl (C=O) groups excluding carboxylic acids is 2. The smallest absolute Gasteiger partial charge is 0.233 e. The summed E-state index contributed by atoms with van der Waals surface area (Å²) in [5.74, 6) is 0.681. The van der Waals surface area contributed by atoms with Crippen LogP contribution in [-0.2, 0) is 27.3 Å². The van der Waals surface area contributed by atoms with E-state index in [1.54, 1.807) is 11.0 Å². The molecule has 3 rings (SSSR count). The lowest BCUT2D eigenvalue weighted by Gasteiger charge is -2.26. The number of ether oxygens (including phenoxy) is 1. The van der Waals surface area contributed by atoms with E-state index in [4.69, 9.17) is 4.74 Å². The van der Waals surface area contributed by atoms with E-state index in [1.165, 1.54) is 11.8 Å². The van der Waals surface area contributed by atoms with Crippen molar-refractivity contribution in [3.8, 4) is 0 Å². The quantitative estimate of drug-likeness (QED) is 0.523. The van der Waals surface area contributed by atoms with Crippen molar-refractivity contribution in [2.75, 3.05) is 37.4 Å². The number of aromatic nitrogens is 3. The van der Waals surface area contributed by atoms with Gasteiger partial charge in [0.1, 0.15) is 5.82 Å². The van der Waals surface area contributed by atoms with Gasteiger partial charge in [-0.15, -0.1) is 16.8 Å². The number of hydrogen-bond donors (Lipinski definition) is 1. The summed E-state index contributed by atoms with van der Waals surface area (Å²) in [6.07, 6.45) is 1.81. The Balaban J connectivity index is 1.62. The molecule has 0 bridgehead atoms. The maximum Gasteiger partial charge on any atom is 0.233 e. The van der Waals surface area contributed by atoms with Crippen molar-refractivity contribution in [3.63, 3.8) is 0 Å². The van der Waals surface area contributed by atoms with Crippen LogP contribution in [0.2, 0.25) is 0 Å². The number of anilines is 1. The first-order valence-corrected chi connectivity index (χ1v) is 10.4. The van der Waals surface area contributed by atoms with Gasteiger partial charge < -0.3 is 19.5 Å². The van der Waals surface area contributed by atoms with Crippen molar-refractivity contribution in [2.45, 2.75) is 25.0 Å². The highest BCUT2D eigenvalue weighted by atomic mass is 32.2. The lowest BCUT2D eigenvalue weighted by molar-refractivity contribution is -0.132. The Labute approximate surface area is 174 Å². The van der Waals surface area contributed by atoms with Gasteiger partial charge in [-0.3, -0.25) is 9.59 Å². The van der Waals surface area contributed by atoms with Crippen LogP contribution in [0.4, 0.5) is 5.69 Å². The Morgan fingerprint density at radius 1 is 1.31 bits per heavy atom. The van der Waals surface area contributed by atoms with E-state index < -0.39 is 0 Å². The molecular weight excluding hydrogens is 390 g/mol. The minimum absolute atomic E-state index is 0.0465. The Hall–Kier alpha value is -2.65. The Morgan fingerprint density at radius 2 is 2.10 bits per heavy atom. The molecule has 0 atom stereocenters. The second-order valence-corrected chi connectivity index (χ2v) is 7.62. The number of nitrogens with one attached hydrogen (secondary N) is 1. The summed E-state index contributed by atoms with van der Waals surface area (Å²) in [4.78, 5) is 26.6. The predicted octanol–water partition coefficient (Wildman–Crippen LogP) is 1.90. The van der Waals surface area contributed by atoms with Crippen molar-refractivity contribution in [1.29, 1.82) is 0 Å². The van der Waals surface area contributed by atoms with E-state index in [0.717, 1.165) is 11.3 Å². The van der Waals surface area contributed by atoms with E-state index >= 15 is 0 Å². The first-order valence-electron chi connectivity index (χ1n) is 9.44. The number of rotatable bonds is 8. The molecule has 1 aliphatic heterocycles. The minimum atomic E-state index is -0.172. The number of amides is 2. The molecule has 0 aliphatic carbocycles. The molecule has 0 saturated carbocycles. The van der Waals surface area contributed by atoms with E-state index in [1.807, 2.05) is 35.8 Å². The predicted molar refractivity (Wildman–Crippen MR) is 112 cm³/mol. The third-order valence-corrected chi connectivity index (χ3v) is 5.37. The first-order chi connectivity index (χ1) is 14.1. The molecule has 2 amide bonds. The molecule has 29 heavy (non-hydrogen) atoms. The van der Waals surface area contributed by atoms with Crippen LogP contribution in [0.25, 0.3) is 0 Å². The SMILES string of the molecule is C=CCn1c(CC(=O)Nc2cccc(C)c2)nnc1SCC(=O)N1CCOCC1. The van der Waals surface area contributed by atoms with Crippen LogP contribution in [0.5, 0.6) is 0 Å². The van der Waals surface area contributed by atoms with Gasteiger partial charge >= 0.3 is 0 Å². The summed E-state index contributed by atoms with van der Waals surface area (Å²) < 4.78 is 7.10. The van der Waals surface area contributed by atoms with Crippen LogP contribution in [0.1, 0.15) is 11.4 Å². The normalized spacial score (nSPS) is 13.9. The molecule has 2 heterocycles. The third-order valence-electron chi connectivity index (χ3n) is 4.41. The summed E-state index contributed by atoms with van der Waals surface area (Å²) in [7, 11) is 0. The summed E-state index contributed by atoms with van der Waals surface area (Å²) in [6.45, 7) is 8.58. The fourth-order valence-corrected chi connectivity index (χ4v) is 3.84. The van der Waals surface area contributed by atoms with Gasteiger partial charge in [-0.1, -0.05) is 30.0 Å². The van der Waals surface area contributed by atoms with E-state index in [0.29, 0.717) is 43.8 Å². The molecule has 9 heteroatoms. The lowest BCUT2D eigenvalue weighted by atomic mass is 10.2. The molecule has 154 valence electrons. The molecular formula is C20H25N5O3S. The van der Waals surface area contributed by atoms with Crippen molar-refractivity contribution in [3.05, 3.63) is 48.3 Å². The minimum Gasteiger partial charge on any atom is -0.378 e. The topological polar surface area (TPSA) is 89.3 Å².